The predicted molar refractivity (Wildman–Crippen MR) is 87.2 cm³/mol. The van der Waals surface area contributed by atoms with Gasteiger partial charge < -0.3 is 10.6 Å². The summed E-state index contributed by atoms with van der Waals surface area (Å²) in [5, 5.41) is 5.63. The maximum Gasteiger partial charge on any atom is 0.416 e. The Kier molecular flexibility index (Phi) is 3.96. The number of carbonyl (C=O) groups is 1. The fraction of sp³-hybridized carbons (Fsp3) is 0.0588. The van der Waals surface area contributed by atoms with Crippen LogP contribution in [0.25, 0.3) is 6.08 Å². The van der Waals surface area contributed by atoms with Gasteiger partial charge in [0.05, 0.1) is 11.3 Å². The lowest BCUT2D eigenvalue weighted by Gasteiger charge is -2.09. The zero-order valence-corrected chi connectivity index (χ0v) is 12.5. The number of aromatic nitrogens is 1. The smallest absolute Gasteiger partial charge is 0.308 e. The van der Waals surface area contributed by atoms with Crippen LogP contribution < -0.4 is 26.0 Å². The molecule has 2 aromatic rings. The van der Waals surface area contributed by atoms with Crippen molar-refractivity contribution in [2.45, 2.75) is 6.18 Å². The number of rotatable bonds is 2. The van der Waals surface area contributed by atoms with Gasteiger partial charge in [-0.1, -0.05) is 5.92 Å². The number of terminal acetylenes is 1. The molecule has 8 heteroatoms. The summed E-state index contributed by atoms with van der Waals surface area (Å²) in [5.74, 6) is 5.04. The molecule has 0 spiro atoms. The van der Waals surface area contributed by atoms with E-state index >= 15 is 0 Å². The molecule has 124 valence electrons. The van der Waals surface area contributed by atoms with Crippen LogP contribution in [0.15, 0.2) is 36.0 Å². The summed E-state index contributed by atoms with van der Waals surface area (Å²) in [6.45, 7) is 0. The zero-order chi connectivity index (χ0) is 18.0. The van der Waals surface area contributed by atoms with Gasteiger partial charge >= 0.3 is 17.7 Å². The van der Waals surface area contributed by atoms with Gasteiger partial charge in [-0.25, -0.2) is 9.78 Å². The van der Waals surface area contributed by atoms with Crippen molar-refractivity contribution in [2.75, 3.05) is 10.6 Å². The number of carbonyl (C=O) groups excluding carboxylic acids is 1. The quantitative estimate of drug-likeness (QED) is 0.560. The number of alkyl halides is 3. The number of amides is 2. The molecule has 0 bridgehead atoms. The van der Waals surface area contributed by atoms with Crippen molar-refractivity contribution in [1.29, 1.82) is 0 Å². The van der Waals surface area contributed by atoms with Gasteiger partial charge in [-0.3, -0.25) is 0 Å². The molecule has 0 atom stereocenters. The molecule has 0 fully saturated rings. The molecular weight excluding hydrogens is 333 g/mol. The molecule has 3 N–H and O–H groups in total. The third kappa shape index (κ3) is 3.48. The number of nitrogens with zero attached hydrogens (tertiary/aromatic N) is 1. The molecular formula is C17H10F3N4O+. The minimum atomic E-state index is -4.43. The van der Waals surface area contributed by atoms with Crippen molar-refractivity contribution in [1.82, 2.24) is 9.65 Å². The highest BCUT2D eigenvalue weighted by molar-refractivity contribution is 6.00. The molecule has 25 heavy (non-hydrogen) atoms. The Morgan fingerprint density at radius 1 is 1.24 bits per heavy atom. The van der Waals surface area contributed by atoms with Crippen molar-refractivity contribution >= 4 is 29.4 Å². The summed E-state index contributed by atoms with van der Waals surface area (Å²) in [6, 6.07) is 3.51. The van der Waals surface area contributed by atoms with Gasteiger partial charge in [-0.2, -0.15) is 17.8 Å². The van der Waals surface area contributed by atoms with E-state index in [1.165, 1.54) is 18.3 Å². The lowest BCUT2D eigenvalue weighted by atomic mass is 10.2. The van der Waals surface area contributed by atoms with Crippen LogP contribution in [0.1, 0.15) is 5.56 Å². The lowest BCUT2D eigenvalue weighted by Crippen LogP contribution is -2.31. The second kappa shape index (κ2) is 6.10. The van der Waals surface area contributed by atoms with Crippen LogP contribution in [0, 0.1) is 12.3 Å². The largest absolute Gasteiger partial charge is 0.416 e. The molecule has 1 aromatic carbocycles. The van der Waals surface area contributed by atoms with Gasteiger partial charge in [-0.15, -0.1) is 6.42 Å². The molecule has 2 amide bonds. The van der Waals surface area contributed by atoms with E-state index in [0.29, 0.717) is 22.0 Å². The van der Waals surface area contributed by atoms with Gasteiger partial charge in [0.2, 0.25) is 5.87 Å². The molecule has 3 rings (SSSR count). The number of nitrogens with one attached hydrogen (secondary N) is 3. The lowest BCUT2D eigenvalue weighted by molar-refractivity contribution is -0.137. The van der Waals surface area contributed by atoms with E-state index in [0.717, 1.165) is 12.1 Å². The van der Waals surface area contributed by atoms with Crippen LogP contribution in [-0.4, -0.2) is 16.9 Å². The first-order valence-corrected chi connectivity index (χ1v) is 6.98. The van der Waals surface area contributed by atoms with Crippen LogP contribution in [0.4, 0.5) is 29.3 Å². The number of urea groups is 1. The average molecular weight is 343 g/mol. The van der Waals surface area contributed by atoms with Crippen LogP contribution in [0.3, 0.4) is 0 Å². The number of hydrogen-bond donors (Lipinski definition) is 3. The van der Waals surface area contributed by atoms with E-state index in [2.05, 4.69) is 32.1 Å². The summed E-state index contributed by atoms with van der Waals surface area (Å²) < 4.78 is 41.6. The number of halogens is 3. The number of allylic oxidation sites excluding steroid dienone is 1. The molecule has 1 aromatic heterocycles. The average Bonchev–Trinajstić information content (AvgIpc) is 2.96. The summed E-state index contributed by atoms with van der Waals surface area (Å²) in [6.07, 6.45) is 4.03. The molecule has 0 unspecified atom stereocenters. The summed E-state index contributed by atoms with van der Waals surface area (Å²) in [7, 11) is 0. The summed E-state index contributed by atoms with van der Waals surface area (Å²) in [4.78, 5) is 14.9. The maximum atomic E-state index is 12.5. The minimum Gasteiger partial charge on any atom is -0.308 e. The van der Waals surface area contributed by atoms with E-state index in [9.17, 15) is 18.0 Å². The number of H-pyrrole nitrogens is 1. The van der Waals surface area contributed by atoms with Crippen molar-refractivity contribution in [3.05, 3.63) is 52.3 Å². The highest BCUT2D eigenvalue weighted by atomic mass is 19.4. The number of anilines is 2. The Bertz CT molecular complexity index is 1070. The van der Waals surface area contributed by atoms with E-state index in [4.69, 9.17) is 6.42 Å². The Morgan fingerprint density at radius 3 is 2.60 bits per heavy atom. The topological polar surface area (TPSA) is 71.0 Å². The SMILES string of the molecule is C#CC1=C=[N+]=c2[nH]cc(NC(=O)Nc3ccc(C(F)(F)F)cc3)c2=C1. The Hall–Kier alpha value is -3.65. The fourth-order valence-electron chi connectivity index (χ4n) is 2.16. The Balaban J connectivity index is 1.75. The van der Waals surface area contributed by atoms with Gasteiger partial charge in [0.1, 0.15) is 17.0 Å². The first kappa shape index (κ1) is 16.2. The van der Waals surface area contributed by atoms with Crippen LogP contribution >= 0.6 is 0 Å². The highest BCUT2D eigenvalue weighted by Gasteiger charge is 2.30. The standard InChI is InChI=1S/C17H9F3N4O/c1-2-10-7-13-14(9-22-15(13)21-8-10)24-16(25)23-12-5-3-11(4-6-12)17(18,19)20/h1,3-7,9H,(H2,23,24,25)/p+1. The van der Waals surface area contributed by atoms with E-state index < -0.39 is 17.8 Å². The first-order valence-electron chi connectivity index (χ1n) is 6.98. The van der Waals surface area contributed by atoms with Crippen LogP contribution in [0.2, 0.25) is 0 Å². The van der Waals surface area contributed by atoms with Gasteiger partial charge in [0, 0.05) is 5.69 Å². The molecule has 2 heterocycles. The van der Waals surface area contributed by atoms with Crippen molar-refractivity contribution in [3.8, 4) is 12.3 Å². The van der Waals surface area contributed by atoms with Gasteiger partial charge in [0.15, 0.2) is 0 Å². The van der Waals surface area contributed by atoms with E-state index in [1.54, 1.807) is 6.08 Å². The third-order valence-electron chi connectivity index (χ3n) is 3.35. The van der Waals surface area contributed by atoms with Crippen molar-refractivity contribution < 1.29 is 18.0 Å². The van der Waals surface area contributed by atoms with Gasteiger partial charge in [0.25, 0.3) is 0 Å². The minimum absolute atomic E-state index is 0.223. The molecule has 0 aliphatic carbocycles. The highest BCUT2D eigenvalue weighted by Crippen LogP contribution is 2.29. The zero-order valence-electron chi connectivity index (χ0n) is 12.5. The monoisotopic (exact) mass is 343 g/mol. The summed E-state index contributed by atoms with van der Waals surface area (Å²) in [5.41, 5.74) is 0.778. The van der Waals surface area contributed by atoms with Crippen LogP contribution in [0.5, 0.6) is 0 Å². The Labute approximate surface area is 139 Å². The van der Waals surface area contributed by atoms with Crippen LogP contribution in [-0.2, 0) is 6.18 Å². The molecule has 5 nitrogen and oxygen atoms in total. The van der Waals surface area contributed by atoms with Crippen molar-refractivity contribution in [3.63, 3.8) is 0 Å². The second-order valence-electron chi connectivity index (χ2n) is 5.04. The summed E-state index contributed by atoms with van der Waals surface area (Å²) >= 11 is 0. The van der Waals surface area contributed by atoms with Gasteiger partial charge in [-0.05, 0) is 30.3 Å². The normalized spacial score (nSPS) is 12.2. The molecule has 1 aliphatic rings. The van der Waals surface area contributed by atoms with Crippen molar-refractivity contribution in [2.24, 2.45) is 0 Å². The number of hydrogen-bond acceptors (Lipinski definition) is 1. The molecule has 0 radical (unpaired) electrons. The number of aromatic amines is 1. The predicted octanol–water partition coefficient (Wildman–Crippen LogP) is 1.39. The maximum absolute atomic E-state index is 12.5. The second-order valence-corrected chi connectivity index (χ2v) is 5.04. The molecule has 0 saturated heterocycles. The third-order valence-corrected chi connectivity index (χ3v) is 3.35. The number of benzene rings is 1. The first-order chi connectivity index (χ1) is 11.9. The molecule has 0 saturated carbocycles. The fourth-order valence-corrected chi connectivity index (χ4v) is 2.16. The van der Waals surface area contributed by atoms with E-state index in [-0.39, 0.29) is 5.69 Å². The van der Waals surface area contributed by atoms with E-state index in [1.807, 2.05) is 0 Å². The molecule has 1 aliphatic heterocycles. The Morgan fingerprint density at radius 2 is 1.96 bits per heavy atom. The number of fused-ring (bicyclic) bond motifs is 1.